The van der Waals surface area contributed by atoms with E-state index in [0.717, 1.165) is 54.5 Å². The van der Waals surface area contributed by atoms with Gasteiger partial charge in [0.05, 0.1) is 14.2 Å². The number of aromatic nitrogens is 1. The fourth-order valence-corrected chi connectivity index (χ4v) is 2.57. The third kappa shape index (κ3) is 7.80. The number of halogens is 2. The molecular weight excluding hydrogens is 479 g/mol. The SMILES string of the molecule is CN=C(NCCc1ccc(Cl)nc1)NCCc1ccc(OC)c(OC)c1.I. The van der Waals surface area contributed by atoms with Crippen LogP contribution in [0.5, 0.6) is 11.5 Å². The molecule has 0 aliphatic carbocycles. The van der Waals surface area contributed by atoms with Crippen molar-refractivity contribution in [3.05, 3.63) is 52.8 Å². The number of ether oxygens (including phenoxy) is 2. The van der Waals surface area contributed by atoms with Gasteiger partial charge in [0.2, 0.25) is 0 Å². The third-order valence-corrected chi connectivity index (χ3v) is 4.10. The molecule has 0 fully saturated rings. The van der Waals surface area contributed by atoms with Crippen molar-refractivity contribution < 1.29 is 9.47 Å². The Bertz CT molecular complexity index is 726. The van der Waals surface area contributed by atoms with Crippen LogP contribution in [0.3, 0.4) is 0 Å². The Morgan fingerprint density at radius 3 is 2.19 bits per heavy atom. The number of hydrogen-bond acceptors (Lipinski definition) is 4. The summed E-state index contributed by atoms with van der Waals surface area (Å²) in [6.07, 6.45) is 3.49. The molecule has 2 rings (SSSR count). The van der Waals surface area contributed by atoms with Gasteiger partial charge in [-0.1, -0.05) is 23.7 Å². The van der Waals surface area contributed by atoms with Crippen molar-refractivity contribution in [2.24, 2.45) is 4.99 Å². The average molecular weight is 505 g/mol. The van der Waals surface area contributed by atoms with Crippen LogP contribution < -0.4 is 20.1 Å². The highest BCUT2D eigenvalue weighted by molar-refractivity contribution is 14.0. The number of hydrogen-bond donors (Lipinski definition) is 2. The summed E-state index contributed by atoms with van der Waals surface area (Å²) in [6.45, 7) is 1.52. The Hall–Kier alpha value is -1.74. The Morgan fingerprint density at radius 1 is 1.00 bits per heavy atom. The van der Waals surface area contributed by atoms with Gasteiger partial charge in [-0.2, -0.15) is 0 Å². The van der Waals surface area contributed by atoms with Crippen molar-refractivity contribution in [3.63, 3.8) is 0 Å². The van der Waals surface area contributed by atoms with Gasteiger partial charge in [-0.15, -0.1) is 24.0 Å². The zero-order chi connectivity index (χ0) is 18.8. The molecule has 6 nitrogen and oxygen atoms in total. The van der Waals surface area contributed by atoms with E-state index in [4.69, 9.17) is 21.1 Å². The number of pyridine rings is 1. The van der Waals surface area contributed by atoms with Crippen molar-refractivity contribution in [1.29, 1.82) is 0 Å². The summed E-state index contributed by atoms with van der Waals surface area (Å²) in [6, 6.07) is 9.72. The highest BCUT2D eigenvalue weighted by atomic mass is 127. The van der Waals surface area contributed by atoms with E-state index in [1.54, 1.807) is 33.5 Å². The number of methoxy groups -OCH3 is 2. The summed E-state index contributed by atoms with van der Waals surface area (Å²) in [4.78, 5) is 8.32. The van der Waals surface area contributed by atoms with Crippen LogP contribution in [0.15, 0.2) is 41.5 Å². The minimum absolute atomic E-state index is 0. The first-order valence-corrected chi connectivity index (χ1v) is 8.80. The number of aliphatic imine (C=N–C) groups is 1. The lowest BCUT2D eigenvalue weighted by Gasteiger charge is -2.13. The van der Waals surface area contributed by atoms with E-state index >= 15 is 0 Å². The molecule has 1 aromatic heterocycles. The number of guanidine groups is 1. The van der Waals surface area contributed by atoms with Crippen LogP contribution in [-0.4, -0.2) is 45.3 Å². The smallest absolute Gasteiger partial charge is 0.190 e. The molecule has 0 aliphatic rings. The Balaban J connectivity index is 0.00000364. The lowest BCUT2D eigenvalue weighted by molar-refractivity contribution is 0.354. The first-order valence-electron chi connectivity index (χ1n) is 8.42. The molecule has 2 aromatic rings. The molecule has 1 aromatic carbocycles. The number of nitrogens with zero attached hydrogens (tertiary/aromatic N) is 2. The van der Waals surface area contributed by atoms with Gasteiger partial charge in [-0.05, 0) is 42.2 Å². The van der Waals surface area contributed by atoms with E-state index in [1.165, 1.54) is 0 Å². The second kappa shape index (κ2) is 12.6. The Labute approximate surface area is 182 Å². The van der Waals surface area contributed by atoms with Gasteiger partial charge >= 0.3 is 0 Å². The summed E-state index contributed by atoms with van der Waals surface area (Å²) in [7, 11) is 5.03. The standard InChI is InChI=1S/C19H25ClN4O2.HI/c1-21-19(23-11-9-15-5-7-18(20)24-13-15)22-10-8-14-4-6-16(25-2)17(12-14)26-3;/h4-7,12-13H,8-11H2,1-3H3,(H2,21,22,23);1H. The molecule has 0 aliphatic heterocycles. The van der Waals surface area contributed by atoms with Crippen molar-refractivity contribution in [2.75, 3.05) is 34.4 Å². The summed E-state index contributed by atoms with van der Waals surface area (Å²) >= 11 is 5.79. The average Bonchev–Trinajstić information content (AvgIpc) is 2.68. The van der Waals surface area contributed by atoms with E-state index in [1.807, 2.05) is 24.3 Å². The molecule has 0 saturated heterocycles. The maximum Gasteiger partial charge on any atom is 0.190 e. The molecule has 0 bridgehead atoms. The van der Waals surface area contributed by atoms with Gasteiger partial charge in [0.15, 0.2) is 17.5 Å². The van der Waals surface area contributed by atoms with Crippen molar-refractivity contribution >= 4 is 41.5 Å². The molecule has 0 atom stereocenters. The molecule has 1 heterocycles. The maximum atomic E-state index is 5.79. The fraction of sp³-hybridized carbons (Fsp3) is 0.368. The molecule has 148 valence electrons. The van der Waals surface area contributed by atoms with Gasteiger partial charge < -0.3 is 20.1 Å². The van der Waals surface area contributed by atoms with Gasteiger partial charge in [0.1, 0.15) is 5.15 Å². The molecule has 0 saturated carbocycles. The van der Waals surface area contributed by atoms with Crippen LogP contribution in [0.2, 0.25) is 5.15 Å². The van der Waals surface area contributed by atoms with Crippen LogP contribution in [-0.2, 0) is 12.8 Å². The summed E-state index contributed by atoms with van der Waals surface area (Å²) < 4.78 is 10.6. The highest BCUT2D eigenvalue weighted by Crippen LogP contribution is 2.27. The van der Waals surface area contributed by atoms with Crippen LogP contribution in [0.4, 0.5) is 0 Å². The second-order valence-corrected chi connectivity index (χ2v) is 5.99. The van der Waals surface area contributed by atoms with Crippen molar-refractivity contribution in [1.82, 2.24) is 15.6 Å². The monoisotopic (exact) mass is 504 g/mol. The summed E-state index contributed by atoms with van der Waals surface area (Å²) in [5.74, 6) is 2.25. The highest BCUT2D eigenvalue weighted by Gasteiger charge is 2.05. The molecule has 0 radical (unpaired) electrons. The zero-order valence-corrected chi connectivity index (χ0v) is 18.9. The topological polar surface area (TPSA) is 67.8 Å². The van der Waals surface area contributed by atoms with Crippen LogP contribution in [0.1, 0.15) is 11.1 Å². The quantitative estimate of drug-likeness (QED) is 0.250. The normalized spacial score (nSPS) is 10.7. The van der Waals surface area contributed by atoms with E-state index in [2.05, 4.69) is 20.6 Å². The molecular formula is C19H26ClIN4O2. The molecule has 2 N–H and O–H groups in total. The molecule has 0 spiro atoms. The zero-order valence-electron chi connectivity index (χ0n) is 15.8. The third-order valence-electron chi connectivity index (χ3n) is 3.87. The largest absolute Gasteiger partial charge is 0.493 e. The molecule has 27 heavy (non-hydrogen) atoms. The lowest BCUT2D eigenvalue weighted by atomic mass is 10.1. The predicted octanol–water partition coefficient (Wildman–Crippen LogP) is 3.32. The summed E-state index contributed by atoms with van der Waals surface area (Å²) in [5.41, 5.74) is 2.29. The Kier molecular flexibility index (Phi) is 10.9. The minimum atomic E-state index is 0. The number of nitrogens with one attached hydrogen (secondary N) is 2. The van der Waals surface area contributed by atoms with Gasteiger partial charge in [0, 0.05) is 26.3 Å². The first-order chi connectivity index (χ1) is 12.7. The molecule has 0 amide bonds. The van der Waals surface area contributed by atoms with E-state index in [9.17, 15) is 0 Å². The van der Waals surface area contributed by atoms with E-state index in [-0.39, 0.29) is 24.0 Å². The van der Waals surface area contributed by atoms with Crippen LogP contribution in [0, 0.1) is 0 Å². The van der Waals surface area contributed by atoms with Gasteiger partial charge in [0.25, 0.3) is 0 Å². The number of rotatable bonds is 8. The lowest BCUT2D eigenvalue weighted by Crippen LogP contribution is -2.39. The van der Waals surface area contributed by atoms with Crippen LogP contribution >= 0.6 is 35.6 Å². The van der Waals surface area contributed by atoms with Gasteiger partial charge in [-0.3, -0.25) is 4.99 Å². The van der Waals surface area contributed by atoms with Crippen molar-refractivity contribution in [2.45, 2.75) is 12.8 Å². The Morgan fingerprint density at radius 2 is 1.63 bits per heavy atom. The van der Waals surface area contributed by atoms with Crippen molar-refractivity contribution in [3.8, 4) is 11.5 Å². The second-order valence-electron chi connectivity index (χ2n) is 5.60. The minimum Gasteiger partial charge on any atom is -0.493 e. The molecule has 8 heteroatoms. The maximum absolute atomic E-state index is 5.79. The fourth-order valence-electron chi connectivity index (χ4n) is 2.46. The van der Waals surface area contributed by atoms with E-state index < -0.39 is 0 Å². The number of benzene rings is 1. The van der Waals surface area contributed by atoms with E-state index in [0.29, 0.717) is 5.15 Å². The van der Waals surface area contributed by atoms with Gasteiger partial charge in [-0.25, -0.2) is 4.98 Å². The summed E-state index contributed by atoms with van der Waals surface area (Å²) in [5, 5.41) is 7.11. The first kappa shape index (κ1) is 23.3. The predicted molar refractivity (Wildman–Crippen MR) is 121 cm³/mol. The van der Waals surface area contributed by atoms with Crippen LogP contribution in [0.25, 0.3) is 0 Å². The molecule has 0 unspecified atom stereocenters.